The molecule has 1 fully saturated rings. The van der Waals surface area contributed by atoms with Crippen molar-refractivity contribution in [2.45, 2.75) is 20.8 Å². The van der Waals surface area contributed by atoms with E-state index in [-0.39, 0.29) is 17.1 Å². The van der Waals surface area contributed by atoms with E-state index in [1.54, 1.807) is 29.9 Å². The summed E-state index contributed by atoms with van der Waals surface area (Å²) in [5.41, 5.74) is 2.35. The molecule has 26 heavy (non-hydrogen) atoms. The van der Waals surface area contributed by atoms with E-state index in [2.05, 4.69) is 30.8 Å². The Hall–Kier alpha value is -2.21. The Morgan fingerprint density at radius 3 is 2.31 bits per heavy atom. The molecule has 0 N–H and O–H groups in total. The van der Waals surface area contributed by atoms with Crippen LogP contribution in [0.5, 0.6) is 0 Å². The molecule has 1 aromatic carbocycles. The van der Waals surface area contributed by atoms with Crippen molar-refractivity contribution < 1.29 is 9.18 Å². The van der Waals surface area contributed by atoms with Crippen molar-refractivity contribution in [2.24, 2.45) is 12.5 Å². The normalized spacial score (nSPS) is 16.1. The summed E-state index contributed by atoms with van der Waals surface area (Å²) in [6, 6.07) is 8.02. The minimum absolute atomic E-state index is 0.0376. The molecule has 1 aromatic heterocycles. The first-order valence-corrected chi connectivity index (χ1v) is 9.04. The van der Waals surface area contributed by atoms with Crippen LogP contribution in [0.3, 0.4) is 0 Å². The number of amides is 1. The molecule has 6 heteroatoms. The van der Waals surface area contributed by atoms with Gasteiger partial charge in [0.05, 0.1) is 5.69 Å². The van der Waals surface area contributed by atoms with Crippen molar-refractivity contribution in [2.75, 3.05) is 32.7 Å². The molecule has 0 aliphatic carbocycles. The van der Waals surface area contributed by atoms with E-state index >= 15 is 0 Å². The zero-order chi connectivity index (χ0) is 18.9. The molecule has 0 radical (unpaired) electrons. The summed E-state index contributed by atoms with van der Waals surface area (Å²) in [7, 11) is 1.80. The minimum Gasteiger partial charge on any atom is -0.335 e. The zero-order valence-corrected chi connectivity index (χ0v) is 16.0. The van der Waals surface area contributed by atoms with Crippen molar-refractivity contribution in [1.82, 2.24) is 19.6 Å². The molecule has 140 valence electrons. The van der Waals surface area contributed by atoms with Crippen molar-refractivity contribution >= 4 is 5.91 Å². The highest BCUT2D eigenvalue weighted by Crippen LogP contribution is 2.22. The summed E-state index contributed by atoms with van der Waals surface area (Å²) >= 11 is 0. The number of carbonyl (C=O) groups is 1. The van der Waals surface area contributed by atoms with Crippen LogP contribution in [-0.2, 0) is 7.05 Å². The van der Waals surface area contributed by atoms with Gasteiger partial charge in [0, 0.05) is 39.8 Å². The molecule has 0 bridgehead atoms. The number of rotatable bonds is 3. The van der Waals surface area contributed by atoms with Crippen LogP contribution in [0.2, 0.25) is 0 Å². The molecule has 2 heterocycles. The second kappa shape index (κ2) is 7.19. The largest absolute Gasteiger partial charge is 0.335 e. The van der Waals surface area contributed by atoms with Crippen LogP contribution in [-0.4, -0.2) is 58.2 Å². The molecule has 0 atom stereocenters. The number of benzene rings is 1. The van der Waals surface area contributed by atoms with Gasteiger partial charge in [0.25, 0.3) is 5.91 Å². The third-order valence-electron chi connectivity index (χ3n) is 4.60. The van der Waals surface area contributed by atoms with Crippen molar-refractivity contribution in [3.63, 3.8) is 0 Å². The quantitative estimate of drug-likeness (QED) is 0.847. The number of aryl methyl sites for hydroxylation is 1. The highest BCUT2D eigenvalue weighted by molar-refractivity contribution is 5.93. The van der Waals surface area contributed by atoms with Gasteiger partial charge in [-0.1, -0.05) is 20.8 Å². The van der Waals surface area contributed by atoms with E-state index in [0.29, 0.717) is 5.69 Å². The van der Waals surface area contributed by atoms with Gasteiger partial charge < -0.3 is 4.90 Å². The lowest BCUT2D eigenvalue weighted by molar-refractivity contribution is 0.0586. The fourth-order valence-electron chi connectivity index (χ4n) is 3.40. The third kappa shape index (κ3) is 4.30. The Morgan fingerprint density at radius 1 is 1.12 bits per heavy atom. The summed E-state index contributed by atoms with van der Waals surface area (Å²) in [4.78, 5) is 17.1. The lowest BCUT2D eigenvalue weighted by Gasteiger charge is -2.37. The number of halogens is 1. The molecule has 5 nitrogen and oxygen atoms in total. The van der Waals surface area contributed by atoms with Crippen LogP contribution in [0.15, 0.2) is 30.3 Å². The molecular formula is C20H27FN4O. The number of carbonyl (C=O) groups excluding carboxylic acids is 1. The van der Waals surface area contributed by atoms with E-state index < -0.39 is 0 Å². The van der Waals surface area contributed by atoms with Gasteiger partial charge >= 0.3 is 0 Å². The predicted octanol–water partition coefficient (Wildman–Crippen LogP) is 3.03. The van der Waals surface area contributed by atoms with Crippen LogP contribution in [0.25, 0.3) is 11.3 Å². The monoisotopic (exact) mass is 358 g/mol. The number of nitrogens with zero attached hydrogens (tertiary/aromatic N) is 4. The summed E-state index contributed by atoms with van der Waals surface area (Å²) < 4.78 is 14.8. The Kier molecular flexibility index (Phi) is 5.14. The highest BCUT2D eigenvalue weighted by atomic mass is 19.1. The number of piperazine rings is 1. The Labute approximate surface area is 154 Å². The van der Waals surface area contributed by atoms with Gasteiger partial charge in [0.2, 0.25) is 0 Å². The number of aromatic nitrogens is 2. The maximum absolute atomic E-state index is 13.1. The van der Waals surface area contributed by atoms with Crippen LogP contribution in [0, 0.1) is 11.2 Å². The van der Waals surface area contributed by atoms with Gasteiger partial charge in [0.1, 0.15) is 5.82 Å². The first kappa shape index (κ1) is 18.6. The Balaban J connectivity index is 1.68. The maximum atomic E-state index is 13.1. The lowest BCUT2D eigenvalue weighted by Crippen LogP contribution is -2.50. The zero-order valence-electron chi connectivity index (χ0n) is 16.0. The summed E-state index contributed by atoms with van der Waals surface area (Å²) in [6.45, 7) is 10.9. The van der Waals surface area contributed by atoms with Crippen LogP contribution < -0.4 is 0 Å². The third-order valence-corrected chi connectivity index (χ3v) is 4.60. The molecule has 2 aromatic rings. The van der Waals surface area contributed by atoms with Crippen molar-refractivity contribution in [3.05, 3.63) is 41.8 Å². The second-order valence-corrected chi connectivity index (χ2v) is 8.17. The van der Waals surface area contributed by atoms with Gasteiger partial charge in [0.15, 0.2) is 5.69 Å². The molecule has 1 aliphatic heterocycles. The predicted molar refractivity (Wildman–Crippen MR) is 100 cm³/mol. The number of hydrogen-bond acceptors (Lipinski definition) is 3. The maximum Gasteiger partial charge on any atom is 0.274 e. The first-order valence-electron chi connectivity index (χ1n) is 9.04. The molecule has 3 rings (SSSR count). The minimum atomic E-state index is -0.277. The smallest absolute Gasteiger partial charge is 0.274 e. The molecule has 1 aliphatic rings. The SMILES string of the molecule is Cn1nc(C(=O)N2CCN(CC(C)(C)C)CC2)cc1-c1ccc(F)cc1. The van der Waals surface area contributed by atoms with Crippen molar-refractivity contribution in [3.8, 4) is 11.3 Å². The first-order chi connectivity index (χ1) is 12.2. The average Bonchev–Trinajstić information content (AvgIpc) is 2.96. The molecule has 0 saturated carbocycles. The summed E-state index contributed by atoms with van der Waals surface area (Å²) in [5.74, 6) is -0.315. The van der Waals surface area contributed by atoms with E-state index in [4.69, 9.17) is 0 Å². The summed E-state index contributed by atoms with van der Waals surface area (Å²) in [5, 5.41) is 4.38. The lowest BCUT2D eigenvalue weighted by atomic mass is 9.96. The van der Waals surface area contributed by atoms with Crippen LogP contribution >= 0.6 is 0 Å². The molecular weight excluding hydrogens is 331 g/mol. The molecule has 0 spiro atoms. The van der Waals surface area contributed by atoms with E-state index in [1.807, 2.05) is 4.90 Å². The Bertz CT molecular complexity index is 768. The van der Waals surface area contributed by atoms with E-state index in [1.165, 1.54) is 12.1 Å². The topological polar surface area (TPSA) is 41.4 Å². The van der Waals surface area contributed by atoms with Crippen LogP contribution in [0.4, 0.5) is 4.39 Å². The van der Waals surface area contributed by atoms with Gasteiger partial charge in [-0.3, -0.25) is 14.4 Å². The average molecular weight is 358 g/mol. The highest BCUT2D eigenvalue weighted by Gasteiger charge is 2.26. The molecule has 1 saturated heterocycles. The van der Waals surface area contributed by atoms with Gasteiger partial charge in [-0.2, -0.15) is 5.10 Å². The summed E-state index contributed by atoms with van der Waals surface area (Å²) in [6.07, 6.45) is 0. The van der Waals surface area contributed by atoms with Gasteiger partial charge in [-0.05, 0) is 41.3 Å². The fraction of sp³-hybridized carbons (Fsp3) is 0.500. The van der Waals surface area contributed by atoms with Gasteiger partial charge in [-0.15, -0.1) is 0 Å². The van der Waals surface area contributed by atoms with Gasteiger partial charge in [-0.25, -0.2) is 4.39 Å². The van der Waals surface area contributed by atoms with Crippen LogP contribution in [0.1, 0.15) is 31.3 Å². The number of hydrogen-bond donors (Lipinski definition) is 0. The molecule has 1 amide bonds. The van der Waals surface area contributed by atoms with Crippen molar-refractivity contribution in [1.29, 1.82) is 0 Å². The molecule has 0 unspecified atom stereocenters. The Morgan fingerprint density at radius 2 is 1.73 bits per heavy atom. The van der Waals surface area contributed by atoms with E-state index in [9.17, 15) is 9.18 Å². The fourth-order valence-corrected chi connectivity index (χ4v) is 3.40. The standard InChI is InChI=1S/C20H27FN4O/c1-20(2,3)14-24-9-11-25(12-10-24)19(26)17-13-18(23(4)22-17)15-5-7-16(21)8-6-15/h5-8,13H,9-12,14H2,1-4H3. The van der Waals surface area contributed by atoms with E-state index in [0.717, 1.165) is 44.0 Å². The second-order valence-electron chi connectivity index (χ2n) is 8.17.